The van der Waals surface area contributed by atoms with Crippen molar-refractivity contribution < 1.29 is 14.0 Å². The van der Waals surface area contributed by atoms with E-state index in [0.29, 0.717) is 23.1 Å². The van der Waals surface area contributed by atoms with Crippen LogP contribution in [0.1, 0.15) is 48.6 Å². The number of amides is 2. The second-order valence-corrected chi connectivity index (χ2v) is 8.91. The van der Waals surface area contributed by atoms with E-state index in [0.717, 1.165) is 5.56 Å². The number of para-hydroxylation sites is 1. The van der Waals surface area contributed by atoms with Gasteiger partial charge in [-0.3, -0.25) is 9.59 Å². The van der Waals surface area contributed by atoms with Gasteiger partial charge in [0, 0.05) is 12.1 Å². The first kappa shape index (κ1) is 24.4. The number of nitrogens with one attached hydrogen (secondary N) is 2. The van der Waals surface area contributed by atoms with Crippen molar-refractivity contribution in [1.82, 2.24) is 20.1 Å². The number of hydrogen-bond donors (Lipinski definition) is 2. The van der Waals surface area contributed by atoms with E-state index in [9.17, 15) is 14.0 Å². The van der Waals surface area contributed by atoms with E-state index in [2.05, 4.69) is 20.8 Å². The summed E-state index contributed by atoms with van der Waals surface area (Å²) in [7, 11) is 0. The van der Waals surface area contributed by atoms with Crippen molar-refractivity contribution in [2.45, 2.75) is 45.4 Å². The minimum Gasteiger partial charge on any atom is -0.342 e. The van der Waals surface area contributed by atoms with Crippen LogP contribution >= 0.6 is 11.8 Å². The number of hydrogen-bond acceptors (Lipinski definition) is 5. The first-order chi connectivity index (χ1) is 15.8. The third kappa shape index (κ3) is 6.19. The summed E-state index contributed by atoms with van der Waals surface area (Å²) in [5, 5.41) is 14.8. The molecule has 7 nitrogen and oxygen atoms in total. The highest BCUT2D eigenvalue weighted by atomic mass is 32.2. The zero-order valence-corrected chi connectivity index (χ0v) is 19.9. The molecule has 0 aliphatic heterocycles. The van der Waals surface area contributed by atoms with Gasteiger partial charge in [-0.25, -0.2) is 4.39 Å². The van der Waals surface area contributed by atoms with Crippen molar-refractivity contribution in [2.75, 3.05) is 11.1 Å². The van der Waals surface area contributed by atoms with Crippen LogP contribution in [-0.2, 0) is 11.3 Å². The molecule has 0 radical (unpaired) electrons. The number of aryl methyl sites for hydroxylation is 1. The number of halogens is 1. The lowest BCUT2D eigenvalue weighted by molar-refractivity contribution is -0.113. The molecule has 0 bridgehead atoms. The molecule has 33 heavy (non-hydrogen) atoms. The number of carbonyl (C=O) groups is 2. The Hall–Kier alpha value is -3.20. The molecule has 2 amide bonds. The molecule has 0 saturated heterocycles. The molecule has 0 aliphatic rings. The highest BCUT2D eigenvalue weighted by molar-refractivity contribution is 7.99. The van der Waals surface area contributed by atoms with Crippen molar-refractivity contribution in [3.63, 3.8) is 0 Å². The van der Waals surface area contributed by atoms with Gasteiger partial charge < -0.3 is 15.2 Å². The van der Waals surface area contributed by atoms with E-state index >= 15 is 0 Å². The quantitative estimate of drug-likeness (QED) is 0.447. The molecule has 0 saturated carbocycles. The number of benzene rings is 2. The van der Waals surface area contributed by atoms with Crippen molar-refractivity contribution in [3.05, 3.63) is 71.3 Å². The normalized spacial score (nSPS) is 11.9. The molecule has 2 aromatic carbocycles. The predicted octanol–water partition coefficient (Wildman–Crippen LogP) is 4.60. The van der Waals surface area contributed by atoms with E-state index in [1.165, 1.54) is 23.9 Å². The van der Waals surface area contributed by atoms with Crippen LogP contribution in [0.4, 0.5) is 10.1 Å². The Bertz CT molecular complexity index is 1130. The number of anilines is 1. The lowest BCUT2D eigenvalue weighted by atomic mass is 10.0. The molecule has 0 aliphatic carbocycles. The highest BCUT2D eigenvalue weighted by Crippen LogP contribution is 2.26. The number of aromatic nitrogens is 3. The van der Waals surface area contributed by atoms with Gasteiger partial charge in [-0.2, -0.15) is 0 Å². The molecule has 3 rings (SSSR count). The average Bonchev–Trinajstić information content (AvgIpc) is 3.19. The first-order valence-electron chi connectivity index (χ1n) is 10.8. The smallest absolute Gasteiger partial charge is 0.251 e. The van der Waals surface area contributed by atoms with Crippen LogP contribution in [0.5, 0.6) is 0 Å². The largest absolute Gasteiger partial charge is 0.342 e. The van der Waals surface area contributed by atoms with Gasteiger partial charge >= 0.3 is 0 Å². The third-order valence-electron chi connectivity index (χ3n) is 5.05. The fourth-order valence-corrected chi connectivity index (χ4v) is 4.16. The molecule has 0 unspecified atom stereocenters. The van der Waals surface area contributed by atoms with Crippen LogP contribution < -0.4 is 10.6 Å². The molecule has 9 heteroatoms. The van der Waals surface area contributed by atoms with Crippen molar-refractivity contribution in [3.8, 4) is 0 Å². The maximum absolute atomic E-state index is 13.8. The van der Waals surface area contributed by atoms with Crippen LogP contribution in [0.2, 0.25) is 0 Å². The molecule has 174 valence electrons. The zero-order valence-electron chi connectivity index (χ0n) is 19.1. The lowest BCUT2D eigenvalue weighted by Gasteiger charge is -2.22. The average molecular weight is 470 g/mol. The van der Waals surface area contributed by atoms with Crippen LogP contribution in [0.25, 0.3) is 0 Å². The molecular weight excluding hydrogens is 441 g/mol. The van der Waals surface area contributed by atoms with Crippen molar-refractivity contribution >= 4 is 29.3 Å². The van der Waals surface area contributed by atoms with Crippen LogP contribution in [0.15, 0.2) is 53.7 Å². The predicted molar refractivity (Wildman–Crippen MR) is 128 cm³/mol. The Balaban J connectivity index is 1.72. The Morgan fingerprint density at radius 2 is 1.88 bits per heavy atom. The number of rotatable bonds is 9. The summed E-state index contributed by atoms with van der Waals surface area (Å²) in [4.78, 5) is 25.2. The van der Waals surface area contributed by atoms with Crippen LogP contribution in [-0.4, -0.2) is 32.3 Å². The standard InChI is InChI=1S/C24H28FN5O2S/c1-5-30-22(21(15(2)3)27-23(32)17-10-8-9-16(4)13-17)28-29-24(30)33-14-20(31)26-19-12-7-6-11-18(19)25/h6-13,15,21H,5,14H2,1-4H3,(H,26,31)(H,27,32)/t21-/m1/s1. The summed E-state index contributed by atoms with van der Waals surface area (Å²) >= 11 is 1.21. The summed E-state index contributed by atoms with van der Waals surface area (Å²) in [6, 6.07) is 13.1. The summed E-state index contributed by atoms with van der Waals surface area (Å²) in [5.41, 5.74) is 1.73. The molecule has 2 N–H and O–H groups in total. The number of thioether (sulfide) groups is 1. The Labute approximate surface area is 197 Å². The van der Waals surface area contributed by atoms with Gasteiger partial charge in [-0.05, 0) is 44.0 Å². The van der Waals surface area contributed by atoms with Crippen molar-refractivity contribution in [1.29, 1.82) is 0 Å². The zero-order chi connectivity index (χ0) is 24.0. The Morgan fingerprint density at radius 1 is 1.12 bits per heavy atom. The van der Waals surface area contributed by atoms with Gasteiger partial charge in [0.15, 0.2) is 11.0 Å². The van der Waals surface area contributed by atoms with Gasteiger partial charge in [-0.15, -0.1) is 10.2 Å². The van der Waals surface area contributed by atoms with E-state index in [-0.39, 0.29) is 35.2 Å². The van der Waals surface area contributed by atoms with Crippen LogP contribution in [0.3, 0.4) is 0 Å². The second-order valence-electron chi connectivity index (χ2n) is 7.97. The minimum atomic E-state index is -0.487. The number of carbonyl (C=O) groups excluding carboxylic acids is 2. The summed E-state index contributed by atoms with van der Waals surface area (Å²) in [5.74, 6) is -0.263. The molecule has 1 heterocycles. The van der Waals surface area contributed by atoms with Crippen molar-refractivity contribution in [2.24, 2.45) is 5.92 Å². The first-order valence-corrected chi connectivity index (χ1v) is 11.8. The van der Waals surface area contributed by atoms with E-state index in [1.54, 1.807) is 18.2 Å². The van der Waals surface area contributed by atoms with E-state index < -0.39 is 5.82 Å². The van der Waals surface area contributed by atoms with Gasteiger partial charge in [-0.1, -0.05) is 55.4 Å². The highest BCUT2D eigenvalue weighted by Gasteiger charge is 2.26. The molecule has 0 spiro atoms. The Morgan fingerprint density at radius 3 is 2.55 bits per heavy atom. The van der Waals surface area contributed by atoms with Gasteiger partial charge in [0.2, 0.25) is 5.91 Å². The summed E-state index contributed by atoms with van der Waals surface area (Å²) in [6.07, 6.45) is 0. The maximum atomic E-state index is 13.8. The second kappa shape index (κ2) is 11.1. The molecule has 1 aromatic heterocycles. The minimum absolute atomic E-state index is 0.0501. The summed E-state index contributed by atoms with van der Waals surface area (Å²) < 4.78 is 15.7. The third-order valence-corrected chi connectivity index (χ3v) is 6.02. The van der Waals surface area contributed by atoms with E-state index in [1.807, 2.05) is 50.5 Å². The maximum Gasteiger partial charge on any atom is 0.251 e. The summed E-state index contributed by atoms with van der Waals surface area (Å²) in [6.45, 7) is 8.48. The molecule has 3 aromatic rings. The fourth-order valence-electron chi connectivity index (χ4n) is 3.35. The molecule has 0 fully saturated rings. The monoisotopic (exact) mass is 469 g/mol. The SMILES string of the molecule is CCn1c(SCC(=O)Nc2ccccc2F)nnc1[C@H](NC(=O)c1cccc(C)c1)C(C)C. The Kier molecular flexibility index (Phi) is 8.21. The van der Waals surface area contributed by atoms with Crippen LogP contribution in [0, 0.1) is 18.7 Å². The topological polar surface area (TPSA) is 88.9 Å². The lowest BCUT2D eigenvalue weighted by Crippen LogP contribution is -2.33. The molecular formula is C24H28FN5O2S. The van der Waals surface area contributed by atoms with Gasteiger partial charge in [0.05, 0.1) is 17.5 Å². The van der Waals surface area contributed by atoms with Gasteiger partial charge in [0.25, 0.3) is 5.91 Å². The van der Waals surface area contributed by atoms with E-state index in [4.69, 9.17) is 0 Å². The molecule has 1 atom stereocenters. The van der Waals surface area contributed by atoms with Gasteiger partial charge in [0.1, 0.15) is 5.82 Å². The number of nitrogens with zero attached hydrogens (tertiary/aromatic N) is 3. The fraction of sp³-hybridized carbons (Fsp3) is 0.333.